The highest BCUT2D eigenvalue weighted by Gasteiger charge is 1.97. The van der Waals surface area contributed by atoms with Gasteiger partial charge in [0.2, 0.25) is 0 Å². The second kappa shape index (κ2) is 7.67. The molecule has 2 heteroatoms. The van der Waals surface area contributed by atoms with E-state index in [-0.39, 0.29) is 0 Å². The van der Waals surface area contributed by atoms with E-state index in [4.69, 9.17) is 10.5 Å². The van der Waals surface area contributed by atoms with E-state index in [1.807, 2.05) is 25.1 Å². The molecule has 2 N–H and O–H groups in total. The summed E-state index contributed by atoms with van der Waals surface area (Å²) in [6, 6.07) is 5.77. The first-order valence-corrected chi connectivity index (χ1v) is 6.77. The number of nitrogen functional groups attached to an aromatic ring is 1. The Morgan fingerprint density at radius 1 is 1.21 bits per heavy atom. The molecule has 0 bridgehead atoms. The van der Waals surface area contributed by atoms with Crippen molar-refractivity contribution in [1.29, 1.82) is 0 Å². The highest BCUT2D eigenvalue weighted by molar-refractivity contribution is 5.49. The number of hydrogen-bond acceptors (Lipinski definition) is 2. The molecule has 0 atom stereocenters. The standard InChI is InChI=1S/C17H25NO/c1-13(2)6-5-7-14(3)10-11-19-16-8-9-17(18)15(4)12-16/h6,8-10,12H,5,7,11,18H2,1-4H3. The van der Waals surface area contributed by atoms with Crippen LogP contribution in [-0.4, -0.2) is 6.61 Å². The van der Waals surface area contributed by atoms with Crippen LogP contribution in [0, 0.1) is 6.92 Å². The number of aryl methyl sites for hydroxylation is 1. The van der Waals surface area contributed by atoms with Crippen molar-refractivity contribution in [3.05, 3.63) is 47.1 Å². The molecule has 1 aromatic rings. The molecule has 0 aliphatic rings. The molecule has 1 aromatic carbocycles. The lowest BCUT2D eigenvalue weighted by Gasteiger charge is -2.07. The van der Waals surface area contributed by atoms with Gasteiger partial charge in [0.05, 0.1) is 0 Å². The van der Waals surface area contributed by atoms with E-state index in [0.717, 1.165) is 29.8 Å². The number of anilines is 1. The third-order valence-corrected chi connectivity index (χ3v) is 3.01. The van der Waals surface area contributed by atoms with E-state index in [9.17, 15) is 0 Å². The maximum atomic E-state index is 5.77. The van der Waals surface area contributed by atoms with Crippen molar-refractivity contribution in [3.8, 4) is 5.75 Å². The van der Waals surface area contributed by atoms with Gasteiger partial charge in [-0.1, -0.05) is 17.2 Å². The maximum Gasteiger partial charge on any atom is 0.120 e. The number of rotatable bonds is 6. The molecule has 2 nitrogen and oxygen atoms in total. The Morgan fingerprint density at radius 2 is 1.95 bits per heavy atom. The Morgan fingerprint density at radius 3 is 2.58 bits per heavy atom. The van der Waals surface area contributed by atoms with Crippen molar-refractivity contribution in [2.75, 3.05) is 12.3 Å². The third-order valence-electron chi connectivity index (χ3n) is 3.01. The molecule has 0 radical (unpaired) electrons. The topological polar surface area (TPSA) is 35.2 Å². The van der Waals surface area contributed by atoms with Crippen LogP contribution in [0.25, 0.3) is 0 Å². The Bertz CT molecular complexity index is 468. The van der Waals surface area contributed by atoms with Crippen LogP contribution in [0.1, 0.15) is 39.2 Å². The molecule has 0 fully saturated rings. The number of nitrogens with two attached hydrogens (primary N) is 1. The van der Waals surface area contributed by atoms with Gasteiger partial charge in [-0.25, -0.2) is 0 Å². The normalized spacial score (nSPS) is 11.3. The van der Waals surface area contributed by atoms with E-state index in [1.165, 1.54) is 11.1 Å². The summed E-state index contributed by atoms with van der Waals surface area (Å²) in [5.41, 5.74) is 10.4. The molecular formula is C17H25NO. The molecule has 0 aromatic heterocycles. The van der Waals surface area contributed by atoms with Crippen molar-refractivity contribution >= 4 is 5.69 Å². The van der Waals surface area contributed by atoms with Crippen LogP contribution in [-0.2, 0) is 0 Å². The van der Waals surface area contributed by atoms with Crippen LogP contribution in [0.4, 0.5) is 5.69 Å². The van der Waals surface area contributed by atoms with E-state index in [1.54, 1.807) is 0 Å². The number of allylic oxidation sites excluding steroid dienone is 3. The van der Waals surface area contributed by atoms with Crippen molar-refractivity contribution in [3.63, 3.8) is 0 Å². The van der Waals surface area contributed by atoms with Crippen molar-refractivity contribution in [1.82, 2.24) is 0 Å². The van der Waals surface area contributed by atoms with Gasteiger partial charge in [0.25, 0.3) is 0 Å². The average molecular weight is 259 g/mol. The zero-order chi connectivity index (χ0) is 14.3. The second-order valence-electron chi connectivity index (χ2n) is 5.20. The molecule has 0 saturated carbocycles. The molecule has 0 unspecified atom stereocenters. The smallest absolute Gasteiger partial charge is 0.120 e. The molecule has 104 valence electrons. The average Bonchev–Trinajstić information content (AvgIpc) is 2.33. The van der Waals surface area contributed by atoms with Gasteiger partial charge in [0.15, 0.2) is 0 Å². The fourth-order valence-electron chi connectivity index (χ4n) is 1.71. The first-order valence-electron chi connectivity index (χ1n) is 6.77. The van der Waals surface area contributed by atoms with Crippen LogP contribution >= 0.6 is 0 Å². The first-order chi connectivity index (χ1) is 8.99. The van der Waals surface area contributed by atoms with Gasteiger partial charge in [-0.2, -0.15) is 0 Å². The molecule has 19 heavy (non-hydrogen) atoms. The van der Waals surface area contributed by atoms with Gasteiger partial charge in [-0.15, -0.1) is 0 Å². The van der Waals surface area contributed by atoms with Crippen LogP contribution in [0.15, 0.2) is 41.5 Å². The molecule has 0 aliphatic heterocycles. The zero-order valence-electron chi connectivity index (χ0n) is 12.5. The Hall–Kier alpha value is -1.70. The van der Waals surface area contributed by atoms with E-state index in [2.05, 4.69) is 32.9 Å². The Labute approximate surface area is 117 Å². The highest BCUT2D eigenvalue weighted by Crippen LogP contribution is 2.18. The summed E-state index contributed by atoms with van der Waals surface area (Å²) in [6.45, 7) is 9.01. The van der Waals surface area contributed by atoms with Crippen molar-refractivity contribution in [2.24, 2.45) is 0 Å². The summed E-state index contributed by atoms with van der Waals surface area (Å²) in [7, 11) is 0. The fourth-order valence-corrected chi connectivity index (χ4v) is 1.71. The van der Waals surface area contributed by atoms with E-state index in [0.29, 0.717) is 6.61 Å². The summed E-state index contributed by atoms with van der Waals surface area (Å²) in [5, 5.41) is 0. The quantitative estimate of drug-likeness (QED) is 0.596. The molecule has 0 aliphatic carbocycles. The number of benzene rings is 1. The second-order valence-corrected chi connectivity index (χ2v) is 5.20. The Balaban J connectivity index is 2.39. The zero-order valence-corrected chi connectivity index (χ0v) is 12.5. The summed E-state index contributed by atoms with van der Waals surface area (Å²) in [4.78, 5) is 0. The van der Waals surface area contributed by atoms with Crippen LogP contribution in [0.2, 0.25) is 0 Å². The van der Waals surface area contributed by atoms with Gasteiger partial charge in [-0.05, 0) is 70.4 Å². The van der Waals surface area contributed by atoms with Gasteiger partial charge >= 0.3 is 0 Å². The molecule has 0 amide bonds. The summed E-state index contributed by atoms with van der Waals surface area (Å²) in [6.07, 6.45) is 6.60. The monoisotopic (exact) mass is 259 g/mol. The number of hydrogen-bond donors (Lipinski definition) is 1. The molecule has 0 heterocycles. The predicted octanol–water partition coefficient (Wildman–Crippen LogP) is 4.65. The largest absolute Gasteiger partial charge is 0.490 e. The van der Waals surface area contributed by atoms with Crippen LogP contribution < -0.4 is 10.5 Å². The molecular weight excluding hydrogens is 234 g/mol. The summed E-state index contributed by atoms with van der Waals surface area (Å²) in [5.74, 6) is 0.875. The van der Waals surface area contributed by atoms with Crippen LogP contribution in [0.3, 0.4) is 0 Å². The maximum absolute atomic E-state index is 5.77. The summed E-state index contributed by atoms with van der Waals surface area (Å²) >= 11 is 0. The highest BCUT2D eigenvalue weighted by atomic mass is 16.5. The lowest BCUT2D eigenvalue weighted by molar-refractivity contribution is 0.361. The van der Waals surface area contributed by atoms with Crippen molar-refractivity contribution < 1.29 is 4.74 Å². The molecule has 1 rings (SSSR count). The minimum Gasteiger partial charge on any atom is -0.490 e. The number of ether oxygens (including phenoxy) is 1. The SMILES string of the molecule is CC(C)=CCCC(C)=CCOc1ccc(N)c(C)c1. The van der Waals surface area contributed by atoms with E-state index >= 15 is 0 Å². The van der Waals surface area contributed by atoms with Crippen molar-refractivity contribution in [2.45, 2.75) is 40.5 Å². The molecule has 0 spiro atoms. The minimum absolute atomic E-state index is 0.615. The van der Waals surface area contributed by atoms with Crippen LogP contribution in [0.5, 0.6) is 5.75 Å². The van der Waals surface area contributed by atoms with E-state index < -0.39 is 0 Å². The Kier molecular flexibility index (Phi) is 6.20. The van der Waals surface area contributed by atoms with Gasteiger partial charge in [0.1, 0.15) is 12.4 Å². The fraction of sp³-hybridized carbons (Fsp3) is 0.412. The summed E-state index contributed by atoms with van der Waals surface area (Å²) < 4.78 is 5.69. The third kappa shape index (κ3) is 6.14. The molecule has 0 saturated heterocycles. The lowest BCUT2D eigenvalue weighted by Crippen LogP contribution is -1.96. The predicted molar refractivity (Wildman–Crippen MR) is 83.5 cm³/mol. The lowest BCUT2D eigenvalue weighted by atomic mass is 10.1. The van der Waals surface area contributed by atoms with Gasteiger partial charge in [-0.3, -0.25) is 0 Å². The van der Waals surface area contributed by atoms with Gasteiger partial charge < -0.3 is 10.5 Å². The first kappa shape index (κ1) is 15.4. The minimum atomic E-state index is 0.615. The van der Waals surface area contributed by atoms with Gasteiger partial charge in [0, 0.05) is 5.69 Å².